The Morgan fingerprint density at radius 3 is 2.67 bits per heavy atom. The number of nitrogens with zero attached hydrogens (tertiary/aromatic N) is 4. The van der Waals surface area contributed by atoms with Gasteiger partial charge in [-0.15, -0.1) is 5.10 Å². The molecule has 0 aliphatic carbocycles. The fraction of sp³-hybridized carbons (Fsp3) is 0.133. The van der Waals surface area contributed by atoms with Crippen LogP contribution in [0.4, 0.5) is 18.9 Å². The van der Waals surface area contributed by atoms with Crippen LogP contribution in [0.1, 0.15) is 5.82 Å². The van der Waals surface area contributed by atoms with E-state index in [0.29, 0.717) is 5.82 Å². The van der Waals surface area contributed by atoms with Crippen LogP contribution >= 0.6 is 0 Å². The molecule has 0 amide bonds. The van der Waals surface area contributed by atoms with Crippen LogP contribution in [0, 0.1) is 5.82 Å². The molecule has 0 unspecified atom stereocenters. The molecule has 3 rings (SSSR count). The largest absolute Gasteiger partial charge is 0.433 e. The van der Waals surface area contributed by atoms with Crippen molar-refractivity contribution in [2.75, 3.05) is 5.32 Å². The first kappa shape index (κ1) is 15.8. The second-order valence-electron chi connectivity index (χ2n) is 4.72. The van der Waals surface area contributed by atoms with Gasteiger partial charge in [0.1, 0.15) is 11.6 Å². The molecule has 2 aromatic carbocycles. The Morgan fingerprint density at radius 1 is 1.12 bits per heavy atom. The minimum Gasteiger partial charge on any atom is -0.433 e. The highest BCUT2D eigenvalue weighted by atomic mass is 19.3. The van der Waals surface area contributed by atoms with E-state index in [1.54, 1.807) is 0 Å². The lowest BCUT2D eigenvalue weighted by Gasteiger charge is -2.12. The number of ether oxygens (including phenoxy) is 1. The van der Waals surface area contributed by atoms with Crippen LogP contribution in [0.15, 0.2) is 48.5 Å². The van der Waals surface area contributed by atoms with Gasteiger partial charge in [0.15, 0.2) is 5.82 Å². The maximum absolute atomic E-state index is 13.4. The molecule has 3 aromatic rings. The molecule has 0 aliphatic heterocycles. The number of hydrogen-bond acceptors (Lipinski definition) is 5. The van der Waals surface area contributed by atoms with Gasteiger partial charge in [0.2, 0.25) is 0 Å². The number of nitrogens with one attached hydrogen (secondary N) is 1. The van der Waals surface area contributed by atoms with Crippen LogP contribution < -0.4 is 10.1 Å². The number of tetrazole rings is 1. The zero-order chi connectivity index (χ0) is 16.9. The van der Waals surface area contributed by atoms with E-state index in [-0.39, 0.29) is 18.0 Å². The van der Waals surface area contributed by atoms with E-state index in [1.807, 2.05) is 30.3 Å². The van der Waals surface area contributed by atoms with Gasteiger partial charge in [-0.05, 0) is 34.7 Å². The van der Waals surface area contributed by atoms with E-state index >= 15 is 0 Å². The zero-order valence-corrected chi connectivity index (χ0v) is 12.2. The molecule has 1 N–H and O–H groups in total. The monoisotopic (exact) mass is 335 g/mol. The van der Waals surface area contributed by atoms with Crippen molar-refractivity contribution in [1.82, 2.24) is 20.2 Å². The summed E-state index contributed by atoms with van der Waals surface area (Å²) in [5.41, 5.74) is 0.820. The van der Waals surface area contributed by atoms with Gasteiger partial charge in [-0.3, -0.25) is 0 Å². The maximum atomic E-state index is 13.4. The second kappa shape index (κ2) is 6.99. The highest BCUT2D eigenvalue weighted by molar-refractivity contribution is 5.56. The molecule has 0 bridgehead atoms. The molecule has 0 saturated heterocycles. The summed E-state index contributed by atoms with van der Waals surface area (Å²) >= 11 is 0. The Morgan fingerprint density at radius 2 is 1.92 bits per heavy atom. The van der Waals surface area contributed by atoms with Crippen LogP contribution in [-0.4, -0.2) is 26.8 Å². The molecule has 0 atom stereocenters. The standard InChI is InChI=1S/C15H12F3N5O/c16-10-6-7-13(24-15(17)18)12(8-10)19-9-14-20-21-22-23(14)11-4-2-1-3-5-11/h1-8,15,19H,9H2. The van der Waals surface area contributed by atoms with Crippen molar-refractivity contribution in [2.24, 2.45) is 0 Å². The summed E-state index contributed by atoms with van der Waals surface area (Å²) in [6.45, 7) is -2.92. The Labute approximate surface area is 134 Å². The van der Waals surface area contributed by atoms with Crippen LogP contribution in [0.2, 0.25) is 0 Å². The van der Waals surface area contributed by atoms with Crippen LogP contribution in [0.3, 0.4) is 0 Å². The van der Waals surface area contributed by atoms with E-state index in [2.05, 4.69) is 25.6 Å². The number of halogens is 3. The predicted molar refractivity (Wildman–Crippen MR) is 79.5 cm³/mol. The first-order valence-electron chi connectivity index (χ1n) is 6.94. The summed E-state index contributed by atoms with van der Waals surface area (Å²) in [5.74, 6) is -0.319. The molecule has 1 aromatic heterocycles. The molecule has 9 heteroatoms. The van der Waals surface area contributed by atoms with E-state index in [0.717, 1.165) is 23.9 Å². The Bertz CT molecular complexity index is 810. The van der Waals surface area contributed by atoms with Crippen molar-refractivity contribution in [2.45, 2.75) is 13.2 Å². The summed E-state index contributed by atoms with van der Waals surface area (Å²) in [6.07, 6.45) is 0. The Balaban J connectivity index is 1.80. The smallest absolute Gasteiger partial charge is 0.387 e. The van der Waals surface area contributed by atoms with Crippen LogP contribution in [0.25, 0.3) is 5.69 Å². The molecule has 6 nitrogen and oxygen atoms in total. The molecule has 124 valence electrons. The number of hydrogen-bond donors (Lipinski definition) is 1. The van der Waals surface area contributed by atoms with Gasteiger partial charge in [0, 0.05) is 6.07 Å². The average Bonchev–Trinajstić information content (AvgIpc) is 3.04. The molecule has 0 saturated carbocycles. The molecule has 0 radical (unpaired) electrons. The summed E-state index contributed by atoms with van der Waals surface area (Å²) in [6, 6.07) is 12.4. The van der Waals surface area contributed by atoms with Crippen molar-refractivity contribution in [3.8, 4) is 11.4 Å². The summed E-state index contributed by atoms with van der Waals surface area (Å²) in [5, 5.41) is 14.2. The highest BCUT2D eigenvalue weighted by Gasteiger charge is 2.13. The van der Waals surface area contributed by atoms with Gasteiger partial charge >= 0.3 is 6.61 Å². The highest BCUT2D eigenvalue weighted by Crippen LogP contribution is 2.27. The summed E-state index contributed by atoms with van der Waals surface area (Å²) in [4.78, 5) is 0. The molecule has 0 fully saturated rings. The first-order chi connectivity index (χ1) is 11.6. The lowest BCUT2D eigenvalue weighted by atomic mass is 10.2. The fourth-order valence-electron chi connectivity index (χ4n) is 2.10. The average molecular weight is 335 g/mol. The van der Waals surface area contributed by atoms with Crippen LogP contribution in [-0.2, 0) is 6.54 Å². The van der Waals surface area contributed by atoms with Gasteiger partial charge in [-0.1, -0.05) is 18.2 Å². The lowest BCUT2D eigenvalue weighted by Crippen LogP contribution is -2.10. The minimum atomic E-state index is -3.01. The molecule has 24 heavy (non-hydrogen) atoms. The molecular formula is C15H12F3N5O. The molecule has 0 aliphatic rings. The topological polar surface area (TPSA) is 64.9 Å². The zero-order valence-electron chi connectivity index (χ0n) is 12.2. The van der Waals surface area contributed by atoms with Gasteiger partial charge < -0.3 is 10.1 Å². The lowest BCUT2D eigenvalue weighted by molar-refractivity contribution is -0.0494. The predicted octanol–water partition coefficient (Wildman–Crippen LogP) is 3.01. The number of alkyl halides is 2. The van der Waals surface area contributed by atoms with Crippen molar-refractivity contribution in [1.29, 1.82) is 0 Å². The van der Waals surface area contributed by atoms with E-state index < -0.39 is 12.4 Å². The maximum Gasteiger partial charge on any atom is 0.387 e. The van der Waals surface area contributed by atoms with Gasteiger partial charge in [-0.25, -0.2) is 4.39 Å². The third kappa shape index (κ3) is 3.62. The van der Waals surface area contributed by atoms with Crippen LogP contribution in [0.5, 0.6) is 5.75 Å². The number of aromatic nitrogens is 4. The SMILES string of the molecule is Fc1ccc(OC(F)F)c(NCc2nnnn2-c2ccccc2)c1. The van der Waals surface area contributed by atoms with Crippen molar-refractivity contribution in [3.05, 3.63) is 60.2 Å². The quantitative estimate of drug-likeness (QED) is 0.750. The van der Waals surface area contributed by atoms with Crippen molar-refractivity contribution in [3.63, 3.8) is 0 Å². The summed E-state index contributed by atoms with van der Waals surface area (Å²) in [7, 11) is 0. The first-order valence-corrected chi connectivity index (χ1v) is 6.94. The number of para-hydroxylation sites is 1. The Kier molecular flexibility index (Phi) is 4.59. The third-order valence-electron chi connectivity index (χ3n) is 3.13. The summed E-state index contributed by atoms with van der Waals surface area (Å²) < 4.78 is 44.1. The van der Waals surface area contributed by atoms with E-state index in [4.69, 9.17) is 0 Å². The minimum absolute atomic E-state index is 0.0814. The number of anilines is 1. The molecule has 0 spiro atoms. The Hall–Kier alpha value is -3.10. The number of benzene rings is 2. The van der Waals surface area contributed by atoms with E-state index in [1.165, 1.54) is 4.68 Å². The van der Waals surface area contributed by atoms with Gasteiger partial charge in [-0.2, -0.15) is 13.5 Å². The van der Waals surface area contributed by atoms with Gasteiger partial charge in [0.05, 0.1) is 17.9 Å². The van der Waals surface area contributed by atoms with Crippen molar-refractivity contribution < 1.29 is 17.9 Å². The molecular weight excluding hydrogens is 323 g/mol. The van der Waals surface area contributed by atoms with E-state index in [9.17, 15) is 13.2 Å². The number of rotatable bonds is 6. The second-order valence-corrected chi connectivity index (χ2v) is 4.72. The van der Waals surface area contributed by atoms with Crippen molar-refractivity contribution >= 4 is 5.69 Å². The molecule has 1 heterocycles. The van der Waals surface area contributed by atoms with Gasteiger partial charge in [0.25, 0.3) is 0 Å². The fourth-order valence-corrected chi connectivity index (χ4v) is 2.10. The third-order valence-corrected chi connectivity index (χ3v) is 3.13. The normalized spacial score (nSPS) is 10.8.